The van der Waals surface area contributed by atoms with E-state index < -0.39 is 10.0 Å². The summed E-state index contributed by atoms with van der Waals surface area (Å²) in [6.07, 6.45) is 1.59. The summed E-state index contributed by atoms with van der Waals surface area (Å²) in [7, 11) is -3.64. The van der Waals surface area contributed by atoms with E-state index in [1.165, 1.54) is 6.07 Å². The molecule has 4 rings (SSSR count). The Morgan fingerprint density at radius 2 is 1.96 bits per heavy atom. The van der Waals surface area contributed by atoms with Crippen molar-refractivity contribution in [2.45, 2.75) is 31.2 Å². The van der Waals surface area contributed by atoms with Crippen molar-refractivity contribution in [3.05, 3.63) is 51.5 Å². The second-order valence-electron chi connectivity index (χ2n) is 6.25. The SMILES string of the molecule is Cc1cc(S(=O)(=O)NCc2c3c(cc4c2OCC4)OCC3)ccc1Cl. The van der Waals surface area contributed by atoms with Crippen LogP contribution in [0.4, 0.5) is 0 Å². The Morgan fingerprint density at radius 1 is 1.16 bits per heavy atom. The van der Waals surface area contributed by atoms with E-state index in [2.05, 4.69) is 4.72 Å². The van der Waals surface area contributed by atoms with E-state index in [0.29, 0.717) is 18.2 Å². The first-order chi connectivity index (χ1) is 12.0. The summed E-state index contributed by atoms with van der Waals surface area (Å²) in [6, 6.07) is 6.70. The van der Waals surface area contributed by atoms with E-state index in [9.17, 15) is 8.42 Å². The van der Waals surface area contributed by atoms with E-state index in [1.807, 2.05) is 6.07 Å². The minimum Gasteiger partial charge on any atom is -0.493 e. The highest BCUT2D eigenvalue weighted by molar-refractivity contribution is 7.89. The maximum Gasteiger partial charge on any atom is 0.240 e. The number of ether oxygens (including phenoxy) is 2. The first kappa shape index (κ1) is 16.7. The molecular formula is C18H18ClNO4S. The van der Waals surface area contributed by atoms with Gasteiger partial charge in [-0.25, -0.2) is 13.1 Å². The minimum atomic E-state index is -3.64. The number of halogens is 1. The van der Waals surface area contributed by atoms with E-state index in [4.69, 9.17) is 21.1 Å². The van der Waals surface area contributed by atoms with E-state index in [1.54, 1.807) is 19.1 Å². The van der Waals surface area contributed by atoms with Gasteiger partial charge in [-0.05, 0) is 36.8 Å². The summed E-state index contributed by atoms with van der Waals surface area (Å²) in [5, 5.41) is 0.545. The maximum absolute atomic E-state index is 12.6. The van der Waals surface area contributed by atoms with Gasteiger partial charge in [-0.3, -0.25) is 0 Å². The second kappa shape index (κ2) is 6.20. The zero-order valence-corrected chi connectivity index (χ0v) is 15.3. The molecule has 2 heterocycles. The summed E-state index contributed by atoms with van der Waals surface area (Å²) in [6.45, 7) is 3.20. The van der Waals surface area contributed by atoms with Crippen molar-refractivity contribution in [2.24, 2.45) is 0 Å². The molecule has 0 radical (unpaired) electrons. The fraction of sp³-hybridized carbons (Fsp3) is 0.333. The molecule has 0 spiro atoms. The highest BCUT2D eigenvalue weighted by Crippen LogP contribution is 2.40. The molecule has 7 heteroatoms. The minimum absolute atomic E-state index is 0.179. The van der Waals surface area contributed by atoms with Crippen LogP contribution in [0.3, 0.4) is 0 Å². The Balaban J connectivity index is 1.64. The molecule has 0 amide bonds. The Morgan fingerprint density at radius 3 is 2.76 bits per heavy atom. The van der Waals surface area contributed by atoms with E-state index in [-0.39, 0.29) is 11.4 Å². The Labute approximate surface area is 152 Å². The monoisotopic (exact) mass is 379 g/mol. The Hall–Kier alpha value is -1.76. The smallest absolute Gasteiger partial charge is 0.240 e. The van der Waals surface area contributed by atoms with Crippen LogP contribution < -0.4 is 14.2 Å². The largest absolute Gasteiger partial charge is 0.493 e. The molecule has 0 unspecified atom stereocenters. The molecule has 5 nitrogen and oxygen atoms in total. The Kier molecular flexibility index (Phi) is 4.14. The van der Waals surface area contributed by atoms with Crippen molar-refractivity contribution in [2.75, 3.05) is 13.2 Å². The summed E-state index contributed by atoms with van der Waals surface area (Å²) in [4.78, 5) is 0.204. The molecule has 2 aliphatic heterocycles. The lowest BCUT2D eigenvalue weighted by Crippen LogP contribution is -2.24. The van der Waals surface area contributed by atoms with Crippen molar-refractivity contribution >= 4 is 21.6 Å². The molecular weight excluding hydrogens is 362 g/mol. The van der Waals surface area contributed by atoms with Gasteiger partial charge in [-0.15, -0.1) is 0 Å². The normalized spacial score (nSPS) is 15.4. The highest BCUT2D eigenvalue weighted by atomic mass is 35.5. The quantitative estimate of drug-likeness (QED) is 0.886. The van der Waals surface area contributed by atoms with Crippen LogP contribution in [0.5, 0.6) is 11.5 Å². The summed E-state index contributed by atoms with van der Waals surface area (Å²) in [5.41, 5.74) is 3.73. The number of hydrogen-bond acceptors (Lipinski definition) is 4. The molecule has 0 bridgehead atoms. The lowest BCUT2D eigenvalue weighted by molar-refractivity contribution is 0.352. The van der Waals surface area contributed by atoms with Gasteiger partial charge >= 0.3 is 0 Å². The van der Waals surface area contributed by atoms with Crippen LogP contribution >= 0.6 is 11.6 Å². The molecule has 25 heavy (non-hydrogen) atoms. The molecule has 0 aliphatic carbocycles. The molecule has 0 saturated heterocycles. The topological polar surface area (TPSA) is 64.6 Å². The van der Waals surface area contributed by atoms with Gasteiger partial charge in [0.25, 0.3) is 0 Å². The van der Waals surface area contributed by atoms with Gasteiger partial charge in [0.1, 0.15) is 11.5 Å². The molecule has 0 aromatic heterocycles. The molecule has 132 valence electrons. The number of hydrogen-bond donors (Lipinski definition) is 1. The number of rotatable bonds is 4. The lowest BCUT2D eigenvalue weighted by Gasteiger charge is -2.14. The van der Waals surface area contributed by atoms with Gasteiger partial charge in [-0.2, -0.15) is 0 Å². The van der Waals surface area contributed by atoms with Crippen molar-refractivity contribution < 1.29 is 17.9 Å². The standard InChI is InChI=1S/C18H18ClNO4S/c1-11-8-13(2-3-16(11)19)25(21,22)20-10-15-14-5-7-23-17(14)9-12-4-6-24-18(12)15/h2-3,8-9,20H,4-7,10H2,1H3. The molecule has 0 atom stereocenters. The molecule has 2 aromatic carbocycles. The van der Waals surface area contributed by atoms with Gasteiger partial charge in [0.2, 0.25) is 10.0 Å². The van der Waals surface area contributed by atoms with Crippen LogP contribution in [-0.2, 0) is 29.4 Å². The maximum atomic E-state index is 12.6. The van der Waals surface area contributed by atoms with E-state index >= 15 is 0 Å². The number of sulfonamides is 1. The predicted molar refractivity (Wildman–Crippen MR) is 95.1 cm³/mol. The van der Waals surface area contributed by atoms with Crippen LogP contribution in [0.2, 0.25) is 5.02 Å². The van der Waals surface area contributed by atoms with Crippen LogP contribution in [0.15, 0.2) is 29.2 Å². The number of benzene rings is 2. The molecule has 1 N–H and O–H groups in total. The third kappa shape index (κ3) is 2.99. The van der Waals surface area contributed by atoms with Crippen LogP contribution in [0, 0.1) is 6.92 Å². The molecule has 2 aromatic rings. The summed E-state index contributed by atoms with van der Waals surface area (Å²) in [5.74, 6) is 1.65. The zero-order valence-electron chi connectivity index (χ0n) is 13.8. The van der Waals surface area contributed by atoms with Crippen molar-refractivity contribution in [1.82, 2.24) is 4.72 Å². The first-order valence-corrected chi connectivity index (χ1v) is 10.0. The van der Waals surface area contributed by atoms with Crippen molar-refractivity contribution in [1.29, 1.82) is 0 Å². The van der Waals surface area contributed by atoms with Gasteiger partial charge in [0.05, 0.1) is 18.1 Å². The fourth-order valence-corrected chi connectivity index (χ4v) is 4.50. The molecule has 0 fully saturated rings. The van der Waals surface area contributed by atoms with Gasteiger partial charge < -0.3 is 9.47 Å². The Bertz CT molecular complexity index is 924. The highest BCUT2D eigenvalue weighted by Gasteiger charge is 2.27. The van der Waals surface area contributed by atoms with Crippen LogP contribution in [0.1, 0.15) is 22.3 Å². The van der Waals surface area contributed by atoms with Crippen LogP contribution in [0.25, 0.3) is 0 Å². The van der Waals surface area contributed by atoms with Crippen molar-refractivity contribution in [3.63, 3.8) is 0 Å². The van der Waals surface area contributed by atoms with Crippen LogP contribution in [-0.4, -0.2) is 21.6 Å². The predicted octanol–water partition coefficient (Wildman–Crippen LogP) is 3.00. The second-order valence-corrected chi connectivity index (χ2v) is 8.43. The number of nitrogens with one attached hydrogen (secondary N) is 1. The average molecular weight is 380 g/mol. The summed E-state index contributed by atoms with van der Waals surface area (Å²) >= 11 is 5.99. The van der Waals surface area contributed by atoms with Gasteiger partial charge in [0.15, 0.2) is 0 Å². The molecule has 2 aliphatic rings. The average Bonchev–Trinajstić information content (AvgIpc) is 3.22. The fourth-order valence-electron chi connectivity index (χ4n) is 3.31. The number of aryl methyl sites for hydroxylation is 1. The van der Waals surface area contributed by atoms with Gasteiger partial charge in [-0.1, -0.05) is 11.6 Å². The van der Waals surface area contributed by atoms with Crippen molar-refractivity contribution in [3.8, 4) is 11.5 Å². The number of fused-ring (bicyclic) bond motifs is 2. The van der Waals surface area contributed by atoms with E-state index in [0.717, 1.165) is 46.6 Å². The molecule has 0 saturated carbocycles. The third-order valence-electron chi connectivity index (χ3n) is 4.64. The summed E-state index contributed by atoms with van der Waals surface area (Å²) < 4.78 is 39.4. The third-order valence-corrected chi connectivity index (χ3v) is 6.46. The zero-order chi connectivity index (χ0) is 17.6. The van der Waals surface area contributed by atoms with Gasteiger partial charge in [0, 0.05) is 41.1 Å². The lowest BCUT2D eigenvalue weighted by atomic mass is 10.00. The first-order valence-electron chi connectivity index (χ1n) is 8.15.